The summed E-state index contributed by atoms with van der Waals surface area (Å²) in [6.45, 7) is 4.86. The zero-order valence-corrected chi connectivity index (χ0v) is 13.1. The molecule has 1 heterocycles. The van der Waals surface area contributed by atoms with Gasteiger partial charge in [-0.25, -0.2) is 10.9 Å². The minimum atomic E-state index is -0.927. The highest BCUT2D eigenvalue weighted by molar-refractivity contribution is 5.85. The molecule has 6 N–H and O–H groups in total. The van der Waals surface area contributed by atoms with Gasteiger partial charge in [-0.1, -0.05) is 30.3 Å². The second-order valence-electron chi connectivity index (χ2n) is 5.98. The Balaban J connectivity index is 1.88. The van der Waals surface area contributed by atoms with E-state index in [1.165, 1.54) is 0 Å². The van der Waals surface area contributed by atoms with Crippen molar-refractivity contribution in [2.45, 2.75) is 38.2 Å². The largest absolute Gasteiger partial charge is 0.375 e. The van der Waals surface area contributed by atoms with Crippen LogP contribution in [0.1, 0.15) is 19.4 Å². The summed E-state index contributed by atoms with van der Waals surface area (Å²) in [4.78, 5) is 12.1. The van der Waals surface area contributed by atoms with E-state index in [0.29, 0.717) is 19.9 Å². The number of nitrogens with two attached hydrogens (primary N) is 1. The van der Waals surface area contributed by atoms with Gasteiger partial charge in [0, 0.05) is 0 Å². The minimum Gasteiger partial charge on any atom is -0.375 e. The van der Waals surface area contributed by atoms with Gasteiger partial charge in [0.2, 0.25) is 5.91 Å². The molecule has 7 heteroatoms. The maximum atomic E-state index is 12.1. The van der Waals surface area contributed by atoms with Crippen molar-refractivity contribution in [3.05, 3.63) is 35.9 Å². The van der Waals surface area contributed by atoms with E-state index in [-0.39, 0.29) is 18.1 Å². The first kappa shape index (κ1) is 16.9. The SMILES string of the molecule is CC(C)(N)C(=O)NC(COCc1ccccc1)C1NCNN1. The lowest BCUT2D eigenvalue weighted by Crippen LogP contribution is -2.60. The van der Waals surface area contributed by atoms with E-state index < -0.39 is 5.54 Å². The fourth-order valence-electron chi connectivity index (χ4n) is 2.07. The zero-order chi connectivity index (χ0) is 16.0. The van der Waals surface area contributed by atoms with Crippen molar-refractivity contribution in [1.82, 2.24) is 21.5 Å². The predicted molar refractivity (Wildman–Crippen MR) is 84.4 cm³/mol. The van der Waals surface area contributed by atoms with E-state index in [1.807, 2.05) is 30.3 Å². The molecule has 0 spiro atoms. The molecular weight excluding hydrogens is 282 g/mol. The third kappa shape index (κ3) is 5.04. The van der Waals surface area contributed by atoms with Crippen molar-refractivity contribution in [1.29, 1.82) is 0 Å². The Morgan fingerprint density at radius 3 is 2.77 bits per heavy atom. The molecule has 1 aromatic carbocycles. The molecule has 1 aliphatic rings. The van der Waals surface area contributed by atoms with Crippen molar-refractivity contribution >= 4 is 5.91 Å². The zero-order valence-electron chi connectivity index (χ0n) is 13.1. The third-order valence-electron chi connectivity index (χ3n) is 3.38. The molecule has 0 saturated carbocycles. The van der Waals surface area contributed by atoms with Gasteiger partial charge in [-0.3, -0.25) is 10.1 Å². The van der Waals surface area contributed by atoms with Crippen LogP contribution in [0.5, 0.6) is 0 Å². The smallest absolute Gasteiger partial charge is 0.239 e. The number of amides is 1. The lowest BCUT2D eigenvalue weighted by Gasteiger charge is -2.28. The van der Waals surface area contributed by atoms with Crippen LogP contribution in [0.3, 0.4) is 0 Å². The molecule has 2 atom stereocenters. The van der Waals surface area contributed by atoms with Gasteiger partial charge in [-0.15, -0.1) is 0 Å². The standard InChI is InChI=1S/C15H25N5O2/c1-15(2,16)14(21)19-12(13-17-10-18-20-13)9-22-8-11-6-4-3-5-7-11/h3-7,12-13,17-18,20H,8-10,16H2,1-2H3,(H,19,21). The highest BCUT2D eigenvalue weighted by Crippen LogP contribution is 2.04. The van der Waals surface area contributed by atoms with Crippen molar-refractivity contribution < 1.29 is 9.53 Å². The van der Waals surface area contributed by atoms with E-state index >= 15 is 0 Å². The molecule has 0 radical (unpaired) electrons. The molecule has 0 bridgehead atoms. The molecule has 1 fully saturated rings. The molecule has 1 aliphatic heterocycles. The molecule has 1 aromatic rings. The Kier molecular flexibility index (Phi) is 5.87. The van der Waals surface area contributed by atoms with Gasteiger partial charge >= 0.3 is 0 Å². The summed E-state index contributed by atoms with van der Waals surface area (Å²) < 4.78 is 5.74. The normalized spacial score (nSPS) is 19.9. The Hall–Kier alpha value is -1.51. The first-order chi connectivity index (χ1) is 10.5. The number of rotatable bonds is 7. The minimum absolute atomic E-state index is 0.109. The number of benzene rings is 1. The molecule has 2 unspecified atom stereocenters. The van der Waals surface area contributed by atoms with Gasteiger partial charge in [0.1, 0.15) is 0 Å². The number of ether oxygens (including phenoxy) is 1. The molecule has 7 nitrogen and oxygen atoms in total. The molecular formula is C15H25N5O2. The van der Waals surface area contributed by atoms with E-state index in [1.54, 1.807) is 13.8 Å². The summed E-state index contributed by atoms with van der Waals surface area (Å²) in [5, 5.41) is 6.14. The van der Waals surface area contributed by atoms with Gasteiger partial charge in [-0.05, 0) is 19.4 Å². The first-order valence-corrected chi connectivity index (χ1v) is 7.40. The van der Waals surface area contributed by atoms with Crippen molar-refractivity contribution in [2.24, 2.45) is 5.73 Å². The van der Waals surface area contributed by atoms with Crippen LogP contribution in [0.4, 0.5) is 0 Å². The Labute approximate surface area is 130 Å². The van der Waals surface area contributed by atoms with Gasteiger partial charge in [-0.2, -0.15) is 0 Å². The Morgan fingerprint density at radius 1 is 1.45 bits per heavy atom. The van der Waals surface area contributed by atoms with Crippen molar-refractivity contribution in [3.63, 3.8) is 0 Å². The van der Waals surface area contributed by atoms with Gasteiger partial charge in [0.15, 0.2) is 0 Å². The monoisotopic (exact) mass is 307 g/mol. The van der Waals surface area contributed by atoms with Crippen LogP contribution in [-0.2, 0) is 16.1 Å². The van der Waals surface area contributed by atoms with E-state index in [2.05, 4.69) is 21.5 Å². The number of hydrogen-bond donors (Lipinski definition) is 5. The fourth-order valence-corrected chi connectivity index (χ4v) is 2.07. The van der Waals surface area contributed by atoms with E-state index in [9.17, 15) is 4.79 Å². The molecule has 2 rings (SSSR count). The predicted octanol–water partition coefficient (Wildman–Crippen LogP) is -0.594. The number of hydrogen-bond acceptors (Lipinski definition) is 6. The van der Waals surface area contributed by atoms with Gasteiger partial charge in [0.25, 0.3) is 0 Å². The van der Waals surface area contributed by atoms with Crippen LogP contribution >= 0.6 is 0 Å². The average molecular weight is 307 g/mol. The third-order valence-corrected chi connectivity index (χ3v) is 3.38. The van der Waals surface area contributed by atoms with Gasteiger partial charge < -0.3 is 15.8 Å². The topological polar surface area (TPSA) is 100 Å². The summed E-state index contributed by atoms with van der Waals surface area (Å²) in [7, 11) is 0. The highest BCUT2D eigenvalue weighted by Gasteiger charge is 2.30. The molecule has 0 aliphatic carbocycles. The lowest BCUT2D eigenvalue weighted by atomic mass is 10.1. The summed E-state index contributed by atoms with van der Waals surface area (Å²) in [5.74, 6) is -0.212. The van der Waals surface area contributed by atoms with E-state index in [0.717, 1.165) is 5.56 Å². The van der Waals surface area contributed by atoms with Crippen LogP contribution < -0.4 is 27.2 Å². The molecule has 22 heavy (non-hydrogen) atoms. The summed E-state index contributed by atoms with van der Waals surface area (Å²) in [5.41, 5.74) is 12.0. The first-order valence-electron chi connectivity index (χ1n) is 7.40. The second kappa shape index (κ2) is 7.66. The van der Waals surface area contributed by atoms with Crippen LogP contribution in [0, 0.1) is 0 Å². The average Bonchev–Trinajstić information content (AvgIpc) is 3.00. The van der Waals surface area contributed by atoms with E-state index in [4.69, 9.17) is 10.5 Å². The molecule has 0 aromatic heterocycles. The fraction of sp³-hybridized carbons (Fsp3) is 0.533. The van der Waals surface area contributed by atoms with Crippen LogP contribution in [0.25, 0.3) is 0 Å². The summed E-state index contributed by atoms with van der Waals surface area (Å²) in [6.07, 6.45) is -0.109. The molecule has 1 saturated heterocycles. The summed E-state index contributed by atoms with van der Waals surface area (Å²) >= 11 is 0. The number of carbonyl (C=O) groups is 1. The Morgan fingerprint density at radius 2 is 2.18 bits per heavy atom. The summed E-state index contributed by atoms with van der Waals surface area (Å²) in [6, 6.07) is 9.69. The quantitative estimate of drug-likeness (QED) is 0.461. The number of nitrogens with one attached hydrogen (secondary N) is 4. The van der Waals surface area contributed by atoms with Crippen LogP contribution in [0.15, 0.2) is 30.3 Å². The van der Waals surface area contributed by atoms with Crippen molar-refractivity contribution in [2.75, 3.05) is 13.3 Å². The van der Waals surface area contributed by atoms with Gasteiger partial charge in [0.05, 0.1) is 37.6 Å². The van der Waals surface area contributed by atoms with Crippen LogP contribution in [-0.4, -0.2) is 36.9 Å². The second-order valence-corrected chi connectivity index (χ2v) is 5.98. The maximum Gasteiger partial charge on any atom is 0.239 e. The number of carbonyl (C=O) groups excluding carboxylic acids is 1. The maximum absolute atomic E-state index is 12.1. The molecule has 1 amide bonds. The lowest BCUT2D eigenvalue weighted by molar-refractivity contribution is -0.126. The van der Waals surface area contributed by atoms with Crippen LogP contribution in [0.2, 0.25) is 0 Å². The van der Waals surface area contributed by atoms with Crippen molar-refractivity contribution in [3.8, 4) is 0 Å². The molecule has 122 valence electrons. The number of hydrazine groups is 1. The highest BCUT2D eigenvalue weighted by atomic mass is 16.5. The Bertz CT molecular complexity index is 469.